The van der Waals surface area contributed by atoms with Crippen LogP contribution in [-0.4, -0.2) is 41.1 Å². The van der Waals surface area contributed by atoms with Gasteiger partial charge in [0.1, 0.15) is 11.9 Å². The monoisotopic (exact) mass is 297 g/mol. The molecule has 9 heteroatoms. The fraction of sp³-hybridized carbons (Fsp3) is 0.333. The molecular formula is C12H15N3O6. The maximum Gasteiger partial charge on any atom is 0.285 e. The number of nitrogens with one attached hydrogen (secondary N) is 1. The van der Waals surface area contributed by atoms with Crippen LogP contribution < -0.4 is 15.8 Å². The third-order valence-corrected chi connectivity index (χ3v) is 2.51. The van der Waals surface area contributed by atoms with Crippen LogP contribution in [0.15, 0.2) is 18.2 Å². The van der Waals surface area contributed by atoms with Crippen molar-refractivity contribution in [2.75, 3.05) is 13.2 Å². The molecule has 0 saturated carbocycles. The molecule has 21 heavy (non-hydrogen) atoms. The van der Waals surface area contributed by atoms with Crippen molar-refractivity contribution in [2.24, 2.45) is 5.73 Å². The van der Waals surface area contributed by atoms with Crippen molar-refractivity contribution >= 4 is 17.5 Å². The molecule has 0 aromatic heterocycles. The zero-order valence-electron chi connectivity index (χ0n) is 11.2. The lowest BCUT2D eigenvalue weighted by Gasteiger charge is -2.12. The van der Waals surface area contributed by atoms with E-state index in [4.69, 9.17) is 10.5 Å². The van der Waals surface area contributed by atoms with Crippen molar-refractivity contribution in [3.05, 3.63) is 33.9 Å². The van der Waals surface area contributed by atoms with E-state index < -0.39 is 35.1 Å². The van der Waals surface area contributed by atoms with E-state index in [9.17, 15) is 24.8 Å². The van der Waals surface area contributed by atoms with Gasteiger partial charge in [0.2, 0.25) is 5.91 Å². The number of primary amides is 1. The van der Waals surface area contributed by atoms with Crippen molar-refractivity contribution in [1.82, 2.24) is 5.32 Å². The molecule has 2 amide bonds. The van der Waals surface area contributed by atoms with E-state index in [1.54, 1.807) is 6.92 Å². The Morgan fingerprint density at radius 3 is 2.71 bits per heavy atom. The molecule has 1 unspecified atom stereocenters. The fourth-order valence-electron chi connectivity index (χ4n) is 1.55. The van der Waals surface area contributed by atoms with E-state index in [1.165, 1.54) is 12.1 Å². The van der Waals surface area contributed by atoms with Gasteiger partial charge in [-0.15, -0.1) is 0 Å². The number of aliphatic hydroxyl groups excluding tert-OH is 1. The highest BCUT2D eigenvalue weighted by molar-refractivity contribution is 6.01. The molecule has 4 N–H and O–H groups in total. The number of nitrogens with two attached hydrogens (primary N) is 1. The molecular weight excluding hydrogens is 282 g/mol. The van der Waals surface area contributed by atoms with Crippen LogP contribution in [0.2, 0.25) is 0 Å². The highest BCUT2D eigenvalue weighted by Crippen LogP contribution is 2.28. The van der Waals surface area contributed by atoms with Crippen molar-refractivity contribution < 1.29 is 24.4 Å². The van der Waals surface area contributed by atoms with Gasteiger partial charge < -0.3 is 20.9 Å². The first-order chi connectivity index (χ1) is 9.88. The van der Waals surface area contributed by atoms with Gasteiger partial charge in [0.25, 0.3) is 11.6 Å². The summed E-state index contributed by atoms with van der Waals surface area (Å²) in [4.78, 5) is 33.0. The molecule has 0 aliphatic rings. The van der Waals surface area contributed by atoms with E-state index in [-0.39, 0.29) is 17.9 Å². The van der Waals surface area contributed by atoms with Crippen LogP contribution in [0.5, 0.6) is 5.75 Å². The largest absolute Gasteiger partial charge is 0.493 e. The lowest BCUT2D eigenvalue weighted by Crippen LogP contribution is -2.40. The van der Waals surface area contributed by atoms with Crippen LogP contribution in [-0.2, 0) is 4.79 Å². The third kappa shape index (κ3) is 4.14. The normalized spacial score (nSPS) is 11.5. The molecule has 0 saturated heterocycles. The summed E-state index contributed by atoms with van der Waals surface area (Å²) in [5.41, 5.74) is 4.13. The van der Waals surface area contributed by atoms with E-state index in [2.05, 4.69) is 5.32 Å². The third-order valence-electron chi connectivity index (χ3n) is 2.51. The molecule has 114 valence electrons. The number of ether oxygens (including phenoxy) is 1. The Labute approximate surface area is 119 Å². The summed E-state index contributed by atoms with van der Waals surface area (Å²) >= 11 is 0. The Balaban J connectivity index is 3.05. The molecule has 1 aromatic rings. The van der Waals surface area contributed by atoms with Gasteiger partial charge in [0.05, 0.1) is 18.1 Å². The van der Waals surface area contributed by atoms with Crippen molar-refractivity contribution in [2.45, 2.75) is 13.0 Å². The first kappa shape index (κ1) is 16.4. The lowest BCUT2D eigenvalue weighted by atomic mass is 10.1. The predicted molar refractivity (Wildman–Crippen MR) is 71.8 cm³/mol. The number of nitro groups is 1. The quantitative estimate of drug-likeness (QED) is 0.460. The number of rotatable bonds is 7. The smallest absolute Gasteiger partial charge is 0.285 e. The Hall–Kier alpha value is -2.68. The van der Waals surface area contributed by atoms with Crippen molar-refractivity contribution in [1.29, 1.82) is 0 Å². The molecule has 0 spiro atoms. The van der Waals surface area contributed by atoms with Crippen molar-refractivity contribution in [3.63, 3.8) is 0 Å². The highest BCUT2D eigenvalue weighted by atomic mass is 16.6. The van der Waals surface area contributed by atoms with E-state index in [0.29, 0.717) is 0 Å². The SMILES string of the molecule is CCOc1cccc([N+](=O)[O-])c1C(=O)NCC(O)C(N)=O. The van der Waals surface area contributed by atoms with Crippen LogP contribution in [0.4, 0.5) is 5.69 Å². The average molecular weight is 297 g/mol. The number of hydrogen-bond donors (Lipinski definition) is 3. The number of carbonyl (C=O) groups excluding carboxylic acids is 2. The highest BCUT2D eigenvalue weighted by Gasteiger charge is 2.25. The number of aliphatic hydroxyl groups is 1. The van der Waals surface area contributed by atoms with Gasteiger partial charge >= 0.3 is 0 Å². The number of benzene rings is 1. The molecule has 0 fully saturated rings. The van der Waals surface area contributed by atoms with E-state index in [1.807, 2.05) is 0 Å². The standard InChI is InChI=1S/C12H15N3O6/c1-2-21-9-5-3-4-7(15(19)20)10(9)12(18)14-6-8(16)11(13)17/h3-5,8,16H,2,6H2,1H3,(H2,13,17)(H,14,18). The number of hydrogen-bond acceptors (Lipinski definition) is 6. The Morgan fingerprint density at radius 1 is 1.52 bits per heavy atom. The minimum Gasteiger partial charge on any atom is -0.493 e. The maximum absolute atomic E-state index is 12.0. The number of nitro benzene ring substituents is 1. The fourth-order valence-corrected chi connectivity index (χ4v) is 1.55. The Bertz CT molecular complexity index is 560. The summed E-state index contributed by atoms with van der Waals surface area (Å²) in [5, 5.41) is 22.4. The summed E-state index contributed by atoms with van der Waals surface area (Å²) in [6, 6.07) is 3.95. The van der Waals surface area contributed by atoms with Gasteiger partial charge in [0.15, 0.2) is 5.56 Å². The van der Waals surface area contributed by atoms with Gasteiger partial charge in [0, 0.05) is 6.07 Å². The molecule has 0 aliphatic carbocycles. The molecule has 0 radical (unpaired) electrons. The zero-order chi connectivity index (χ0) is 16.0. The molecule has 1 aromatic carbocycles. The van der Waals surface area contributed by atoms with Gasteiger partial charge in [-0.3, -0.25) is 19.7 Å². The lowest BCUT2D eigenvalue weighted by molar-refractivity contribution is -0.385. The zero-order valence-corrected chi connectivity index (χ0v) is 11.2. The number of nitrogens with zero attached hydrogens (tertiary/aromatic N) is 1. The summed E-state index contributed by atoms with van der Waals surface area (Å²) in [6.07, 6.45) is -1.58. The van der Waals surface area contributed by atoms with Gasteiger partial charge in [-0.1, -0.05) is 6.07 Å². The van der Waals surface area contributed by atoms with Gasteiger partial charge in [-0.2, -0.15) is 0 Å². The Kier molecular flexibility index (Phi) is 5.61. The molecule has 9 nitrogen and oxygen atoms in total. The number of carbonyl (C=O) groups is 2. The minimum absolute atomic E-state index is 0.0396. The maximum atomic E-state index is 12.0. The van der Waals surface area contributed by atoms with Crippen molar-refractivity contribution in [3.8, 4) is 5.75 Å². The molecule has 0 bridgehead atoms. The second kappa shape index (κ2) is 7.20. The van der Waals surface area contributed by atoms with E-state index in [0.717, 1.165) is 6.07 Å². The average Bonchev–Trinajstić information content (AvgIpc) is 2.44. The van der Waals surface area contributed by atoms with Gasteiger partial charge in [-0.25, -0.2) is 0 Å². The Morgan fingerprint density at radius 2 is 2.19 bits per heavy atom. The second-order valence-electron chi connectivity index (χ2n) is 3.97. The first-order valence-electron chi connectivity index (χ1n) is 6.04. The molecule has 0 aliphatic heterocycles. The van der Waals surface area contributed by atoms with Crippen LogP contribution in [0.3, 0.4) is 0 Å². The second-order valence-corrected chi connectivity index (χ2v) is 3.97. The molecule has 1 rings (SSSR count). The topological polar surface area (TPSA) is 145 Å². The minimum atomic E-state index is -1.58. The summed E-state index contributed by atoms with van der Waals surface area (Å²) < 4.78 is 5.18. The first-order valence-corrected chi connectivity index (χ1v) is 6.04. The summed E-state index contributed by atoms with van der Waals surface area (Å²) in [5.74, 6) is -1.81. The molecule has 1 atom stereocenters. The summed E-state index contributed by atoms with van der Waals surface area (Å²) in [6.45, 7) is 1.43. The van der Waals surface area contributed by atoms with Crippen LogP contribution in [0.25, 0.3) is 0 Å². The van der Waals surface area contributed by atoms with Gasteiger partial charge in [-0.05, 0) is 13.0 Å². The molecule has 0 heterocycles. The van der Waals surface area contributed by atoms with Crippen LogP contribution >= 0.6 is 0 Å². The van der Waals surface area contributed by atoms with E-state index >= 15 is 0 Å². The van der Waals surface area contributed by atoms with Crippen LogP contribution in [0, 0.1) is 10.1 Å². The summed E-state index contributed by atoms with van der Waals surface area (Å²) in [7, 11) is 0. The number of amides is 2. The predicted octanol–water partition coefficient (Wildman–Crippen LogP) is -0.431. The van der Waals surface area contributed by atoms with Crippen LogP contribution in [0.1, 0.15) is 17.3 Å².